The summed E-state index contributed by atoms with van der Waals surface area (Å²) in [7, 11) is 0. The third kappa shape index (κ3) is 3.48. The van der Waals surface area contributed by atoms with Crippen LogP contribution in [0, 0.1) is 10.8 Å². The van der Waals surface area contributed by atoms with Crippen molar-refractivity contribution < 1.29 is 0 Å². The fourth-order valence-corrected chi connectivity index (χ4v) is 2.09. The molecule has 1 aromatic carbocycles. The van der Waals surface area contributed by atoms with E-state index in [1.807, 2.05) is 18.2 Å². The Labute approximate surface area is 99.6 Å². The molecule has 0 atom stereocenters. The highest BCUT2D eigenvalue weighted by atomic mass is 14.8. The normalized spacial score (nSPS) is 12.4. The van der Waals surface area contributed by atoms with Crippen molar-refractivity contribution in [2.75, 3.05) is 0 Å². The fraction of sp³-hybridized carbons (Fsp3) is 0.533. The van der Waals surface area contributed by atoms with Crippen LogP contribution >= 0.6 is 0 Å². The number of hydrogen-bond acceptors (Lipinski definition) is 1. The van der Waals surface area contributed by atoms with Crippen molar-refractivity contribution >= 4 is 11.4 Å². The molecule has 1 aromatic rings. The van der Waals surface area contributed by atoms with E-state index in [9.17, 15) is 0 Å². The largest absolute Gasteiger partial charge is 0.257 e. The number of benzene rings is 1. The second-order valence-electron chi connectivity index (χ2n) is 6.30. The van der Waals surface area contributed by atoms with Crippen molar-refractivity contribution in [1.82, 2.24) is 0 Å². The summed E-state index contributed by atoms with van der Waals surface area (Å²) in [6.07, 6.45) is 0. The number of aliphatic imine (C=N–C) groups is 1. The maximum atomic E-state index is 4.82. The lowest BCUT2D eigenvalue weighted by atomic mass is 9.75. The van der Waals surface area contributed by atoms with Crippen LogP contribution in [0.4, 0.5) is 5.69 Å². The summed E-state index contributed by atoms with van der Waals surface area (Å²) in [5.74, 6) is 0. The Hall–Kier alpha value is -1.11. The standard InChI is InChI=1S/C15H23N/c1-14(2,3)13(15(4,5)6)16-12-10-8-7-9-11-12/h7-11H,1-6H3. The van der Waals surface area contributed by atoms with Gasteiger partial charge in [0.1, 0.15) is 0 Å². The van der Waals surface area contributed by atoms with E-state index in [0.29, 0.717) is 0 Å². The minimum Gasteiger partial charge on any atom is -0.257 e. The lowest BCUT2D eigenvalue weighted by molar-refractivity contribution is 0.479. The summed E-state index contributed by atoms with van der Waals surface area (Å²) in [5, 5.41) is 0. The Balaban J connectivity index is 3.19. The van der Waals surface area contributed by atoms with E-state index in [4.69, 9.17) is 4.99 Å². The lowest BCUT2D eigenvalue weighted by Gasteiger charge is -2.32. The molecule has 0 saturated heterocycles. The topological polar surface area (TPSA) is 12.4 Å². The monoisotopic (exact) mass is 217 g/mol. The van der Waals surface area contributed by atoms with E-state index in [0.717, 1.165) is 5.69 Å². The molecule has 88 valence electrons. The highest BCUT2D eigenvalue weighted by Gasteiger charge is 2.29. The number of nitrogens with zero attached hydrogens (tertiary/aromatic N) is 1. The van der Waals surface area contributed by atoms with Gasteiger partial charge in [-0.1, -0.05) is 59.7 Å². The van der Waals surface area contributed by atoms with Gasteiger partial charge in [-0.15, -0.1) is 0 Å². The first-order chi connectivity index (χ1) is 7.21. The second-order valence-corrected chi connectivity index (χ2v) is 6.30. The average molecular weight is 217 g/mol. The highest BCUT2D eigenvalue weighted by Crippen LogP contribution is 2.32. The molecule has 0 aromatic heterocycles. The molecule has 0 unspecified atom stereocenters. The summed E-state index contributed by atoms with van der Waals surface area (Å²) in [5.41, 5.74) is 2.50. The van der Waals surface area contributed by atoms with Crippen LogP contribution < -0.4 is 0 Å². The molecule has 0 saturated carbocycles. The maximum Gasteiger partial charge on any atom is 0.0629 e. The molecule has 0 spiro atoms. The van der Waals surface area contributed by atoms with Crippen molar-refractivity contribution in [2.24, 2.45) is 15.8 Å². The molecular weight excluding hydrogens is 194 g/mol. The molecule has 0 aliphatic carbocycles. The number of para-hydroxylation sites is 1. The summed E-state index contributed by atoms with van der Waals surface area (Å²) < 4.78 is 0. The summed E-state index contributed by atoms with van der Waals surface area (Å²) in [4.78, 5) is 4.82. The van der Waals surface area contributed by atoms with E-state index in [-0.39, 0.29) is 10.8 Å². The van der Waals surface area contributed by atoms with Crippen LogP contribution in [0.5, 0.6) is 0 Å². The molecule has 1 nitrogen and oxygen atoms in total. The van der Waals surface area contributed by atoms with Crippen LogP contribution in [0.3, 0.4) is 0 Å². The van der Waals surface area contributed by atoms with Crippen LogP contribution in [0.15, 0.2) is 35.3 Å². The quantitative estimate of drug-likeness (QED) is 0.596. The number of rotatable bonds is 1. The van der Waals surface area contributed by atoms with Gasteiger partial charge in [-0.05, 0) is 12.1 Å². The molecule has 1 rings (SSSR count). The highest BCUT2D eigenvalue weighted by molar-refractivity contribution is 5.95. The smallest absolute Gasteiger partial charge is 0.0629 e. The fourth-order valence-electron chi connectivity index (χ4n) is 2.09. The van der Waals surface area contributed by atoms with Gasteiger partial charge in [0.25, 0.3) is 0 Å². The van der Waals surface area contributed by atoms with Gasteiger partial charge in [0.2, 0.25) is 0 Å². The van der Waals surface area contributed by atoms with E-state index < -0.39 is 0 Å². The molecule has 16 heavy (non-hydrogen) atoms. The van der Waals surface area contributed by atoms with Crippen molar-refractivity contribution in [3.63, 3.8) is 0 Å². The third-order valence-corrected chi connectivity index (χ3v) is 2.42. The van der Waals surface area contributed by atoms with Gasteiger partial charge in [-0.2, -0.15) is 0 Å². The molecule has 0 heterocycles. The van der Waals surface area contributed by atoms with Crippen LogP contribution in [0.25, 0.3) is 0 Å². The Morgan fingerprint density at radius 3 is 1.62 bits per heavy atom. The first-order valence-electron chi connectivity index (χ1n) is 5.86. The predicted molar refractivity (Wildman–Crippen MR) is 72.4 cm³/mol. The lowest BCUT2D eigenvalue weighted by Crippen LogP contribution is -2.32. The summed E-state index contributed by atoms with van der Waals surface area (Å²) in [6.45, 7) is 13.3. The van der Waals surface area contributed by atoms with E-state index in [1.54, 1.807) is 0 Å². The molecule has 0 aliphatic rings. The van der Waals surface area contributed by atoms with Gasteiger partial charge in [-0.25, -0.2) is 0 Å². The summed E-state index contributed by atoms with van der Waals surface area (Å²) >= 11 is 0. The first-order valence-corrected chi connectivity index (χ1v) is 5.86. The molecule has 0 N–H and O–H groups in total. The minimum atomic E-state index is 0.105. The Morgan fingerprint density at radius 2 is 1.25 bits per heavy atom. The molecule has 0 bridgehead atoms. The zero-order valence-corrected chi connectivity index (χ0v) is 11.3. The molecular formula is C15H23N. The Bertz CT molecular complexity index is 345. The summed E-state index contributed by atoms with van der Waals surface area (Å²) in [6, 6.07) is 10.2. The minimum absolute atomic E-state index is 0.105. The Morgan fingerprint density at radius 1 is 0.812 bits per heavy atom. The molecule has 0 radical (unpaired) electrons. The molecule has 0 aliphatic heterocycles. The first kappa shape index (κ1) is 13.0. The zero-order chi connectivity index (χ0) is 12.4. The van der Waals surface area contributed by atoms with Crippen molar-refractivity contribution in [2.45, 2.75) is 41.5 Å². The van der Waals surface area contributed by atoms with Crippen LogP contribution in [-0.2, 0) is 0 Å². The zero-order valence-electron chi connectivity index (χ0n) is 11.3. The average Bonchev–Trinajstić information content (AvgIpc) is 2.12. The van der Waals surface area contributed by atoms with Gasteiger partial charge in [0.15, 0.2) is 0 Å². The van der Waals surface area contributed by atoms with Gasteiger partial charge >= 0.3 is 0 Å². The third-order valence-electron chi connectivity index (χ3n) is 2.42. The van der Waals surface area contributed by atoms with Gasteiger partial charge < -0.3 is 0 Å². The SMILES string of the molecule is CC(C)(C)C(=Nc1ccccc1)C(C)(C)C. The predicted octanol–water partition coefficient (Wildman–Crippen LogP) is 4.85. The molecule has 1 heteroatoms. The van der Waals surface area contributed by atoms with Gasteiger partial charge in [0.05, 0.1) is 5.69 Å². The van der Waals surface area contributed by atoms with Gasteiger partial charge in [-0.3, -0.25) is 4.99 Å². The second kappa shape index (κ2) is 4.40. The Kier molecular flexibility index (Phi) is 3.57. The van der Waals surface area contributed by atoms with Crippen molar-refractivity contribution in [1.29, 1.82) is 0 Å². The number of hydrogen-bond donors (Lipinski definition) is 0. The maximum absolute atomic E-state index is 4.82. The van der Waals surface area contributed by atoms with E-state index in [1.165, 1.54) is 5.71 Å². The van der Waals surface area contributed by atoms with Crippen LogP contribution in [0.1, 0.15) is 41.5 Å². The molecule has 0 amide bonds. The molecule has 0 fully saturated rings. The van der Waals surface area contributed by atoms with E-state index >= 15 is 0 Å². The van der Waals surface area contributed by atoms with Crippen molar-refractivity contribution in [3.8, 4) is 0 Å². The van der Waals surface area contributed by atoms with Crippen LogP contribution in [-0.4, -0.2) is 5.71 Å². The van der Waals surface area contributed by atoms with Crippen LogP contribution in [0.2, 0.25) is 0 Å². The van der Waals surface area contributed by atoms with E-state index in [2.05, 4.69) is 53.7 Å². The van der Waals surface area contributed by atoms with Gasteiger partial charge in [0, 0.05) is 16.5 Å². The van der Waals surface area contributed by atoms with Crippen molar-refractivity contribution in [3.05, 3.63) is 30.3 Å².